The van der Waals surface area contributed by atoms with Gasteiger partial charge in [0.25, 0.3) is 0 Å². The van der Waals surface area contributed by atoms with Crippen LogP contribution in [0.4, 0.5) is 0 Å². The third-order valence-electron chi connectivity index (χ3n) is 5.31. The van der Waals surface area contributed by atoms with E-state index in [0.29, 0.717) is 5.75 Å². The molecule has 0 heterocycles. The van der Waals surface area contributed by atoms with E-state index in [1.54, 1.807) is 6.07 Å². The number of rotatable bonds is 18. The normalized spacial score (nSPS) is 11.4. The highest BCUT2D eigenvalue weighted by molar-refractivity contribution is 5.56. The monoisotopic (exact) mass is 373 g/mol. The van der Waals surface area contributed by atoms with Crippen LogP contribution in [0.15, 0.2) is 30.3 Å². The zero-order valence-electron chi connectivity index (χ0n) is 17.5. The Hall–Kier alpha value is -1.28. The van der Waals surface area contributed by atoms with E-state index in [4.69, 9.17) is 5.73 Å². The van der Waals surface area contributed by atoms with Gasteiger partial charge in [0, 0.05) is 5.56 Å². The lowest BCUT2D eigenvalue weighted by Crippen LogP contribution is -1.97. The van der Waals surface area contributed by atoms with Crippen molar-refractivity contribution in [3.05, 3.63) is 35.9 Å². The summed E-state index contributed by atoms with van der Waals surface area (Å²) in [6.07, 6.45) is 26.0. The zero-order chi connectivity index (χ0) is 19.4. The Labute approximate surface area is 168 Å². The molecule has 0 radical (unpaired) electrons. The number of benzene rings is 1. The van der Waals surface area contributed by atoms with E-state index in [1.165, 1.54) is 96.3 Å². The van der Waals surface area contributed by atoms with Crippen molar-refractivity contribution in [2.24, 2.45) is 5.73 Å². The van der Waals surface area contributed by atoms with Crippen molar-refractivity contribution in [3.63, 3.8) is 0 Å². The van der Waals surface area contributed by atoms with Crippen LogP contribution < -0.4 is 5.73 Å². The van der Waals surface area contributed by atoms with Crippen LogP contribution in [0.25, 0.3) is 6.08 Å². The quantitative estimate of drug-likeness (QED) is 0.260. The molecule has 3 N–H and O–H groups in total. The maximum absolute atomic E-state index is 9.70. The first-order valence-electron chi connectivity index (χ1n) is 11.5. The number of hydrogen-bond donors (Lipinski definition) is 2. The summed E-state index contributed by atoms with van der Waals surface area (Å²) in [6.45, 7) is 0.858. The number of para-hydroxylation sites is 1. The third-order valence-corrected chi connectivity index (χ3v) is 5.31. The largest absolute Gasteiger partial charge is 0.507 e. The second-order valence-corrected chi connectivity index (χ2v) is 7.84. The summed E-state index contributed by atoms with van der Waals surface area (Å²) in [5.74, 6) is 0.372. The molecular formula is C25H43NO. The molecule has 27 heavy (non-hydrogen) atoms. The van der Waals surface area contributed by atoms with Gasteiger partial charge in [-0.25, -0.2) is 0 Å². The fraction of sp³-hybridized carbons (Fsp3) is 0.680. The zero-order valence-corrected chi connectivity index (χ0v) is 17.5. The van der Waals surface area contributed by atoms with Crippen molar-refractivity contribution < 1.29 is 5.11 Å². The highest BCUT2D eigenvalue weighted by Crippen LogP contribution is 2.18. The Morgan fingerprint density at radius 1 is 0.630 bits per heavy atom. The molecule has 0 unspecified atom stereocenters. The minimum absolute atomic E-state index is 0.372. The van der Waals surface area contributed by atoms with Gasteiger partial charge in [0.15, 0.2) is 0 Å². The molecule has 0 aromatic heterocycles. The minimum Gasteiger partial charge on any atom is -0.507 e. The summed E-state index contributed by atoms with van der Waals surface area (Å²) in [7, 11) is 0. The van der Waals surface area contributed by atoms with Gasteiger partial charge in [0.05, 0.1) is 0 Å². The van der Waals surface area contributed by atoms with Gasteiger partial charge in [-0.3, -0.25) is 0 Å². The first-order chi connectivity index (χ1) is 13.3. The van der Waals surface area contributed by atoms with Gasteiger partial charge in [-0.15, -0.1) is 0 Å². The molecule has 0 amide bonds. The molecule has 1 aromatic rings. The van der Waals surface area contributed by atoms with E-state index in [2.05, 4.69) is 6.08 Å². The van der Waals surface area contributed by atoms with Crippen LogP contribution in [-0.2, 0) is 0 Å². The van der Waals surface area contributed by atoms with Crippen LogP contribution in [0.2, 0.25) is 0 Å². The molecule has 1 rings (SSSR count). The number of allylic oxidation sites excluding steroid dienone is 1. The van der Waals surface area contributed by atoms with Crippen molar-refractivity contribution in [1.82, 2.24) is 0 Å². The molecular weight excluding hydrogens is 330 g/mol. The lowest BCUT2D eigenvalue weighted by atomic mass is 10.0. The van der Waals surface area contributed by atoms with Gasteiger partial charge in [-0.05, 0) is 31.9 Å². The van der Waals surface area contributed by atoms with Crippen molar-refractivity contribution in [1.29, 1.82) is 0 Å². The van der Waals surface area contributed by atoms with Crippen LogP contribution in [0.5, 0.6) is 5.75 Å². The summed E-state index contributed by atoms with van der Waals surface area (Å²) in [5.41, 5.74) is 6.43. The Morgan fingerprint density at radius 2 is 1.07 bits per heavy atom. The van der Waals surface area contributed by atoms with Gasteiger partial charge in [0.1, 0.15) is 5.75 Å². The predicted molar refractivity (Wildman–Crippen MR) is 120 cm³/mol. The fourth-order valence-electron chi connectivity index (χ4n) is 3.54. The van der Waals surface area contributed by atoms with Gasteiger partial charge >= 0.3 is 0 Å². The average molecular weight is 374 g/mol. The number of phenols is 1. The maximum atomic E-state index is 9.70. The van der Waals surface area contributed by atoms with Crippen LogP contribution in [0, 0.1) is 0 Å². The summed E-state index contributed by atoms with van der Waals surface area (Å²) in [4.78, 5) is 0. The Morgan fingerprint density at radius 3 is 1.56 bits per heavy atom. The van der Waals surface area contributed by atoms with Crippen LogP contribution >= 0.6 is 0 Å². The molecule has 0 saturated carbocycles. The van der Waals surface area contributed by atoms with Gasteiger partial charge < -0.3 is 10.8 Å². The van der Waals surface area contributed by atoms with Crippen LogP contribution in [0.1, 0.15) is 108 Å². The molecule has 0 aliphatic carbocycles. The van der Waals surface area contributed by atoms with Crippen molar-refractivity contribution >= 4 is 6.08 Å². The van der Waals surface area contributed by atoms with Gasteiger partial charge in [-0.1, -0.05) is 114 Å². The second kappa shape index (κ2) is 18.1. The van der Waals surface area contributed by atoms with Crippen LogP contribution in [0.3, 0.4) is 0 Å². The van der Waals surface area contributed by atoms with E-state index in [9.17, 15) is 5.11 Å². The average Bonchev–Trinajstić information content (AvgIpc) is 2.68. The molecule has 1 aromatic carbocycles. The van der Waals surface area contributed by atoms with Crippen molar-refractivity contribution in [2.45, 2.75) is 103 Å². The SMILES string of the molecule is NCCCCCCCCCCCCCCCCCC=Cc1ccccc1O. The molecule has 0 fully saturated rings. The van der Waals surface area contributed by atoms with Crippen LogP contribution in [-0.4, -0.2) is 11.7 Å². The van der Waals surface area contributed by atoms with Crippen molar-refractivity contribution in [2.75, 3.05) is 6.54 Å². The Kier molecular flexibility index (Phi) is 15.9. The molecule has 0 aliphatic heterocycles. The first kappa shape index (κ1) is 23.8. The number of unbranched alkanes of at least 4 members (excludes halogenated alkanes) is 15. The number of phenolic OH excluding ortho intramolecular Hbond substituents is 1. The summed E-state index contributed by atoms with van der Waals surface area (Å²) in [5, 5.41) is 9.70. The second-order valence-electron chi connectivity index (χ2n) is 7.84. The number of aromatic hydroxyl groups is 1. The molecule has 2 nitrogen and oxygen atoms in total. The summed E-state index contributed by atoms with van der Waals surface area (Å²) < 4.78 is 0. The van der Waals surface area contributed by atoms with E-state index < -0.39 is 0 Å². The van der Waals surface area contributed by atoms with Gasteiger partial charge in [0.2, 0.25) is 0 Å². The Balaban J connectivity index is 1.77. The van der Waals surface area contributed by atoms with E-state index in [0.717, 1.165) is 18.5 Å². The molecule has 0 saturated heterocycles. The maximum Gasteiger partial charge on any atom is 0.122 e. The summed E-state index contributed by atoms with van der Waals surface area (Å²) in [6, 6.07) is 7.52. The third kappa shape index (κ3) is 14.4. The number of nitrogens with two attached hydrogens (primary N) is 1. The summed E-state index contributed by atoms with van der Waals surface area (Å²) >= 11 is 0. The lowest BCUT2D eigenvalue weighted by Gasteiger charge is -2.03. The van der Waals surface area contributed by atoms with E-state index in [1.807, 2.05) is 24.3 Å². The molecule has 0 aliphatic rings. The molecule has 0 bridgehead atoms. The van der Waals surface area contributed by atoms with Crippen molar-refractivity contribution in [3.8, 4) is 5.75 Å². The fourth-order valence-corrected chi connectivity index (χ4v) is 3.54. The highest BCUT2D eigenvalue weighted by Gasteiger charge is 1.95. The smallest absolute Gasteiger partial charge is 0.122 e. The molecule has 2 heteroatoms. The first-order valence-corrected chi connectivity index (χ1v) is 11.5. The van der Waals surface area contributed by atoms with Gasteiger partial charge in [-0.2, -0.15) is 0 Å². The topological polar surface area (TPSA) is 46.2 Å². The highest BCUT2D eigenvalue weighted by atomic mass is 16.3. The minimum atomic E-state index is 0.372. The van der Waals surface area contributed by atoms with E-state index in [-0.39, 0.29) is 0 Å². The van der Waals surface area contributed by atoms with E-state index >= 15 is 0 Å². The molecule has 0 spiro atoms. The Bertz CT molecular complexity index is 469. The number of hydrogen-bond acceptors (Lipinski definition) is 2. The predicted octanol–water partition coefficient (Wildman–Crippen LogP) is 7.61. The molecule has 154 valence electrons. The standard InChI is InChI=1S/C25H43NO/c26-23-19-15-13-11-9-7-5-3-1-2-4-6-8-10-12-14-16-20-24-21-17-18-22-25(24)27/h16-18,20-22,27H,1-15,19,23,26H2. The molecule has 0 atom stereocenters. The lowest BCUT2D eigenvalue weighted by molar-refractivity contribution is 0.474.